The number of nitrogens with one attached hydrogen (secondary N) is 1. The molecule has 1 aliphatic heterocycles. The average Bonchev–Trinajstić information content (AvgIpc) is 3.09. The first-order valence-corrected chi connectivity index (χ1v) is 8.57. The van der Waals surface area contributed by atoms with E-state index in [-0.39, 0.29) is 12.2 Å². The standard InChI is InChI=1S/C18H21F3N4O/c19-18(20,21)15-4-1-2-5-16(15)23-17(26)13-24-10-6-14(7-11-24)12-25-9-3-8-22-25/h1-5,8-9,14H,6-7,10-13H2,(H,23,26). The van der Waals surface area contributed by atoms with Crippen LogP contribution in [0.1, 0.15) is 18.4 Å². The van der Waals surface area contributed by atoms with Crippen LogP contribution in [0.5, 0.6) is 0 Å². The van der Waals surface area contributed by atoms with Gasteiger partial charge in [0.2, 0.25) is 5.91 Å². The first-order valence-electron chi connectivity index (χ1n) is 8.57. The van der Waals surface area contributed by atoms with Crippen molar-refractivity contribution < 1.29 is 18.0 Å². The molecule has 26 heavy (non-hydrogen) atoms. The zero-order valence-corrected chi connectivity index (χ0v) is 14.2. The molecule has 1 aromatic carbocycles. The Hall–Kier alpha value is -2.35. The maximum absolute atomic E-state index is 13.0. The van der Waals surface area contributed by atoms with E-state index in [0.29, 0.717) is 5.92 Å². The quantitative estimate of drug-likeness (QED) is 0.884. The van der Waals surface area contributed by atoms with Crippen molar-refractivity contribution in [2.24, 2.45) is 5.92 Å². The van der Waals surface area contributed by atoms with Gasteiger partial charge in [-0.15, -0.1) is 0 Å². The van der Waals surface area contributed by atoms with Gasteiger partial charge in [-0.3, -0.25) is 14.4 Å². The summed E-state index contributed by atoms with van der Waals surface area (Å²) in [6.07, 6.45) is 1.06. The highest BCUT2D eigenvalue weighted by atomic mass is 19.4. The molecular formula is C18H21F3N4O. The van der Waals surface area contributed by atoms with Crippen LogP contribution in [0, 0.1) is 5.92 Å². The normalized spacial score (nSPS) is 16.6. The first kappa shape index (κ1) is 18.4. The smallest absolute Gasteiger partial charge is 0.324 e. The number of rotatable bonds is 5. The minimum absolute atomic E-state index is 0.0979. The minimum Gasteiger partial charge on any atom is -0.324 e. The SMILES string of the molecule is O=C(CN1CCC(Cn2cccn2)CC1)Nc1ccccc1C(F)(F)F. The third kappa shape index (κ3) is 4.85. The zero-order chi connectivity index (χ0) is 18.6. The van der Waals surface area contributed by atoms with E-state index in [4.69, 9.17) is 0 Å². The summed E-state index contributed by atoms with van der Waals surface area (Å²) in [5.41, 5.74) is -1.02. The monoisotopic (exact) mass is 366 g/mol. The van der Waals surface area contributed by atoms with Gasteiger partial charge in [0.05, 0.1) is 17.8 Å². The van der Waals surface area contributed by atoms with Gasteiger partial charge in [0, 0.05) is 18.9 Å². The van der Waals surface area contributed by atoms with E-state index in [1.165, 1.54) is 18.2 Å². The molecule has 2 heterocycles. The molecule has 1 fully saturated rings. The molecule has 2 aromatic rings. The Morgan fingerprint density at radius 2 is 1.92 bits per heavy atom. The van der Waals surface area contributed by atoms with Crippen molar-refractivity contribution in [3.8, 4) is 0 Å². The summed E-state index contributed by atoms with van der Waals surface area (Å²) in [5.74, 6) is 0.0763. The van der Waals surface area contributed by atoms with Crippen LogP contribution >= 0.6 is 0 Å². The molecule has 140 valence electrons. The summed E-state index contributed by atoms with van der Waals surface area (Å²) in [5, 5.41) is 6.60. The molecule has 0 radical (unpaired) electrons. The lowest BCUT2D eigenvalue weighted by molar-refractivity contribution is -0.137. The Labute approximate surface area is 149 Å². The van der Waals surface area contributed by atoms with Crippen molar-refractivity contribution in [3.05, 3.63) is 48.3 Å². The number of alkyl halides is 3. The number of para-hydroxylation sites is 1. The number of benzene rings is 1. The highest BCUT2D eigenvalue weighted by Gasteiger charge is 2.33. The van der Waals surface area contributed by atoms with Crippen LogP contribution in [0.15, 0.2) is 42.7 Å². The highest BCUT2D eigenvalue weighted by Crippen LogP contribution is 2.34. The van der Waals surface area contributed by atoms with Crippen LogP contribution < -0.4 is 5.32 Å². The van der Waals surface area contributed by atoms with Crippen molar-refractivity contribution >= 4 is 11.6 Å². The second-order valence-electron chi connectivity index (χ2n) is 6.54. The second-order valence-corrected chi connectivity index (χ2v) is 6.54. The van der Waals surface area contributed by atoms with Crippen molar-refractivity contribution in [2.75, 3.05) is 25.0 Å². The highest BCUT2D eigenvalue weighted by molar-refractivity contribution is 5.93. The maximum atomic E-state index is 13.0. The molecule has 1 amide bonds. The van der Waals surface area contributed by atoms with E-state index in [0.717, 1.165) is 38.5 Å². The number of likely N-dealkylation sites (tertiary alicyclic amines) is 1. The summed E-state index contributed by atoms with van der Waals surface area (Å²) >= 11 is 0. The number of hydrogen-bond acceptors (Lipinski definition) is 3. The van der Waals surface area contributed by atoms with Gasteiger partial charge in [0.25, 0.3) is 0 Å². The fourth-order valence-corrected chi connectivity index (χ4v) is 3.23. The molecule has 5 nitrogen and oxygen atoms in total. The van der Waals surface area contributed by atoms with Crippen LogP contribution in [0.3, 0.4) is 0 Å². The average molecular weight is 366 g/mol. The van der Waals surface area contributed by atoms with E-state index in [9.17, 15) is 18.0 Å². The maximum Gasteiger partial charge on any atom is 0.418 e. The van der Waals surface area contributed by atoms with Crippen molar-refractivity contribution in [1.29, 1.82) is 0 Å². The van der Waals surface area contributed by atoms with Gasteiger partial charge in [0.15, 0.2) is 0 Å². The van der Waals surface area contributed by atoms with E-state index in [2.05, 4.69) is 10.4 Å². The lowest BCUT2D eigenvalue weighted by Crippen LogP contribution is -2.40. The third-order valence-corrected chi connectivity index (χ3v) is 4.59. The molecule has 0 bridgehead atoms. The lowest BCUT2D eigenvalue weighted by atomic mass is 9.97. The Morgan fingerprint density at radius 3 is 2.58 bits per heavy atom. The van der Waals surface area contributed by atoms with Crippen LogP contribution in [-0.4, -0.2) is 40.2 Å². The number of nitrogens with zero attached hydrogens (tertiary/aromatic N) is 3. The Kier molecular flexibility index (Phi) is 5.61. The van der Waals surface area contributed by atoms with Crippen LogP contribution in [0.25, 0.3) is 0 Å². The molecule has 8 heteroatoms. The largest absolute Gasteiger partial charge is 0.418 e. The van der Waals surface area contributed by atoms with E-state index < -0.39 is 17.6 Å². The van der Waals surface area contributed by atoms with Crippen molar-refractivity contribution in [3.63, 3.8) is 0 Å². The Balaban J connectivity index is 1.49. The van der Waals surface area contributed by atoms with Gasteiger partial charge in [-0.25, -0.2) is 0 Å². The first-order chi connectivity index (χ1) is 12.4. The molecule has 0 saturated carbocycles. The molecule has 0 aliphatic carbocycles. The molecule has 0 unspecified atom stereocenters. The summed E-state index contributed by atoms with van der Waals surface area (Å²) in [7, 11) is 0. The molecule has 1 N–H and O–H groups in total. The number of hydrogen-bond donors (Lipinski definition) is 1. The minimum atomic E-state index is -4.49. The van der Waals surface area contributed by atoms with E-state index in [1.54, 1.807) is 6.20 Å². The van der Waals surface area contributed by atoms with Gasteiger partial charge in [0.1, 0.15) is 0 Å². The predicted molar refractivity (Wildman–Crippen MR) is 91.5 cm³/mol. The number of amides is 1. The Bertz CT molecular complexity index is 722. The molecule has 3 rings (SSSR count). The molecule has 1 aromatic heterocycles. The Morgan fingerprint density at radius 1 is 1.19 bits per heavy atom. The lowest BCUT2D eigenvalue weighted by Gasteiger charge is -2.31. The summed E-state index contributed by atoms with van der Waals surface area (Å²) < 4.78 is 40.9. The second kappa shape index (κ2) is 7.90. The number of anilines is 1. The van der Waals surface area contributed by atoms with Crippen LogP contribution in [0.4, 0.5) is 18.9 Å². The topological polar surface area (TPSA) is 50.2 Å². The summed E-state index contributed by atoms with van der Waals surface area (Å²) in [6.45, 7) is 2.45. The summed E-state index contributed by atoms with van der Waals surface area (Å²) in [6, 6.07) is 6.92. The molecule has 0 spiro atoms. The van der Waals surface area contributed by atoms with Gasteiger partial charge < -0.3 is 5.32 Å². The molecule has 0 atom stereocenters. The number of carbonyl (C=O) groups excluding carboxylic acids is 1. The third-order valence-electron chi connectivity index (χ3n) is 4.59. The van der Waals surface area contributed by atoms with E-state index in [1.807, 2.05) is 21.8 Å². The fraction of sp³-hybridized carbons (Fsp3) is 0.444. The fourth-order valence-electron chi connectivity index (χ4n) is 3.23. The number of piperidine rings is 1. The zero-order valence-electron chi connectivity index (χ0n) is 14.2. The number of carbonyl (C=O) groups is 1. The number of aromatic nitrogens is 2. The number of halogens is 3. The summed E-state index contributed by atoms with van der Waals surface area (Å²) in [4.78, 5) is 14.1. The van der Waals surface area contributed by atoms with Gasteiger partial charge in [-0.2, -0.15) is 18.3 Å². The van der Waals surface area contributed by atoms with Crippen molar-refractivity contribution in [1.82, 2.24) is 14.7 Å². The van der Waals surface area contributed by atoms with E-state index >= 15 is 0 Å². The van der Waals surface area contributed by atoms with Gasteiger partial charge in [-0.1, -0.05) is 12.1 Å². The van der Waals surface area contributed by atoms with Crippen LogP contribution in [-0.2, 0) is 17.5 Å². The molecule has 1 aliphatic rings. The van der Waals surface area contributed by atoms with Gasteiger partial charge >= 0.3 is 6.18 Å². The van der Waals surface area contributed by atoms with Gasteiger partial charge in [-0.05, 0) is 50.0 Å². The molecule has 1 saturated heterocycles. The predicted octanol–water partition coefficient (Wildman–Crippen LogP) is 3.25. The van der Waals surface area contributed by atoms with Crippen LogP contribution in [0.2, 0.25) is 0 Å². The van der Waals surface area contributed by atoms with Crippen molar-refractivity contribution in [2.45, 2.75) is 25.6 Å². The molecular weight excluding hydrogens is 345 g/mol.